The minimum Gasteiger partial charge on any atom is -0.493 e. The molecule has 2 aliphatic rings. The number of carboxylic acids is 1. The van der Waals surface area contributed by atoms with E-state index in [1.165, 1.54) is 11.0 Å². The van der Waals surface area contributed by atoms with Crippen molar-refractivity contribution in [1.29, 1.82) is 0 Å². The number of hydrogen-bond acceptors (Lipinski definition) is 4. The molecule has 116 valence electrons. The molecule has 1 N–H and O–H groups in total. The van der Waals surface area contributed by atoms with Gasteiger partial charge in [0.1, 0.15) is 5.75 Å². The van der Waals surface area contributed by atoms with Gasteiger partial charge in [0.25, 0.3) is 0 Å². The number of nitrogens with zero attached hydrogens (tertiary/aromatic N) is 1. The number of aliphatic carboxylic acids is 1. The lowest BCUT2D eigenvalue weighted by molar-refractivity contribution is -0.158. The van der Waals surface area contributed by atoms with Crippen molar-refractivity contribution in [3.05, 3.63) is 35.4 Å². The van der Waals surface area contributed by atoms with Crippen LogP contribution in [0.5, 0.6) is 5.75 Å². The molecule has 0 bridgehead atoms. The summed E-state index contributed by atoms with van der Waals surface area (Å²) in [6, 6.07) is 5.81. The molecule has 1 aromatic rings. The van der Waals surface area contributed by atoms with Crippen molar-refractivity contribution in [2.75, 3.05) is 26.3 Å². The number of carbonyl (C=O) groups excluding carboxylic acids is 1. The summed E-state index contributed by atoms with van der Waals surface area (Å²) in [6.45, 7) is 1.43. The minimum atomic E-state index is -1.04. The fourth-order valence-corrected chi connectivity index (χ4v) is 2.58. The Labute approximate surface area is 127 Å². The highest BCUT2D eigenvalue weighted by Gasteiger charge is 2.27. The number of amides is 1. The SMILES string of the molecule is O=C(O)C1CN(C(=O)C=Cc2ccc3c(c2)CCO3)CCO1. The fourth-order valence-electron chi connectivity index (χ4n) is 2.58. The number of carbonyl (C=O) groups is 2. The Morgan fingerprint density at radius 1 is 1.32 bits per heavy atom. The number of ether oxygens (including phenoxy) is 2. The van der Waals surface area contributed by atoms with E-state index in [-0.39, 0.29) is 19.1 Å². The standard InChI is InChI=1S/C16H17NO5/c18-15(17-6-8-22-14(10-17)16(19)20)4-2-11-1-3-13-12(9-11)5-7-21-13/h1-4,9,14H,5-8,10H2,(H,19,20). The van der Waals surface area contributed by atoms with E-state index in [2.05, 4.69) is 0 Å². The third-order valence-corrected chi connectivity index (χ3v) is 3.79. The van der Waals surface area contributed by atoms with E-state index in [0.717, 1.165) is 23.3 Å². The maximum Gasteiger partial charge on any atom is 0.334 e. The van der Waals surface area contributed by atoms with Crippen molar-refractivity contribution in [3.63, 3.8) is 0 Å². The molecule has 6 nitrogen and oxygen atoms in total. The number of fused-ring (bicyclic) bond motifs is 1. The zero-order valence-electron chi connectivity index (χ0n) is 12.0. The summed E-state index contributed by atoms with van der Waals surface area (Å²) in [5.74, 6) is -0.340. The first kappa shape index (κ1) is 14.6. The Balaban J connectivity index is 1.64. The van der Waals surface area contributed by atoms with Crippen molar-refractivity contribution in [3.8, 4) is 5.75 Å². The molecule has 0 radical (unpaired) electrons. The quantitative estimate of drug-likeness (QED) is 0.841. The van der Waals surface area contributed by atoms with Gasteiger partial charge in [0.05, 0.1) is 19.8 Å². The van der Waals surface area contributed by atoms with Crippen molar-refractivity contribution in [2.45, 2.75) is 12.5 Å². The predicted molar refractivity (Wildman–Crippen MR) is 78.6 cm³/mol. The molecule has 22 heavy (non-hydrogen) atoms. The van der Waals surface area contributed by atoms with Crippen molar-refractivity contribution >= 4 is 18.0 Å². The average Bonchev–Trinajstić information content (AvgIpc) is 3.00. The van der Waals surface area contributed by atoms with Gasteiger partial charge in [-0.3, -0.25) is 4.79 Å². The Hall–Kier alpha value is -2.34. The lowest BCUT2D eigenvalue weighted by atomic mass is 10.1. The van der Waals surface area contributed by atoms with Crippen LogP contribution in [0.2, 0.25) is 0 Å². The third kappa shape index (κ3) is 3.12. The second-order valence-corrected chi connectivity index (χ2v) is 5.28. The van der Waals surface area contributed by atoms with Crippen LogP contribution in [0.25, 0.3) is 6.08 Å². The van der Waals surface area contributed by atoms with Crippen molar-refractivity contribution < 1.29 is 24.2 Å². The molecule has 1 fully saturated rings. The molecule has 2 heterocycles. The molecule has 1 amide bonds. The summed E-state index contributed by atoms with van der Waals surface area (Å²) in [5, 5.41) is 8.94. The zero-order valence-corrected chi connectivity index (χ0v) is 12.0. The van der Waals surface area contributed by atoms with Crippen molar-refractivity contribution in [1.82, 2.24) is 4.90 Å². The average molecular weight is 303 g/mol. The molecular formula is C16H17NO5. The van der Waals surface area contributed by atoms with Gasteiger partial charge in [-0.2, -0.15) is 0 Å². The van der Waals surface area contributed by atoms with Crippen LogP contribution in [-0.4, -0.2) is 54.3 Å². The molecule has 0 aliphatic carbocycles. The molecule has 6 heteroatoms. The highest BCUT2D eigenvalue weighted by atomic mass is 16.5. The highest BCUT2D eigenvalue weighted by Crippen LogP contribution is 2.26. The smallest absolute Gasteiger partial charge is 0.334 e. The summed E-state index contributed by atoms with van der Waals surface area (Å²) in [7, 11) is 0. The Morgan fingerprint density at radius 2 is 2.18 bits per heavy atom. The Bertz CT molecular complexity index is 625. The zero-order chi connectivity index (χ0) is 15.5. The molecule has 1 saturated heterocycles. The summed E-state index contributed by atoms with van der Waals surface area (Å²) >= 11 is 0. The van der Waals surface area contributed by atoms with Crippen LogP contribution in [0.3, 0.4) is 0 Å². The second-order valence-electron chi connectivity index (χ2n) is 5.28. The number of hydrogen-bond donors (Lipinski definition) is 1. The monoisotopic (exact) mass is 303 g/mol. The van der Waals surface area contributed by atoms with Gasteiger partial charge in [0.2, 0.25) is 5.91 Å². The molecular weight excluding hydrogens is 286 g/mol. The van der Waals surface area contributed by atoms with E-state index in [9.17, 15) is 9.59 Å². The topological polar surface area (TPSA) is 76.1 Å². The Morgan fingerprint density at radius 3 is 3.00 bits per heavy atom. The minimum absolute atomic E-state index is 0.0799. The summed E-state index contributed by atoms with van der Waals surface area (Å²) in [6.07, 6.45) is 3.16. The van der Waals surface area contributed by atoms with E-state index in [4.69, 9.17) is 14.6 Å². The molecule has 0 aromatic heterocycles. The first-order valence-electron chi connectivity index (χ1n) is 7.20. The van der Waals surface area contributed by atoms with Crippen LogP contribution in [-0.2, 0) is 20.7 Å². The van der Waals surface area contributed by atoms with Gasteiger partial charge in [-0.1, -0.05) is 6.07 Å². The maximum atomic E-state index is 12.1. The lowest BCUT2D eigenvalue weighted by Crippen LogP contribution is -2.48. The van der Waals surface area contributed by atoms with Gasteiger partial charge < -0.3 is 19.5 Å². The van der Waals surface area contributed by atoms with Gasteiger partial charge >= 0.3 is 5.97 Å². The van der Waals surface area contributed by atoms with Gasteiger partial charge in [-0.25, -0.2) is 4.79 Å². The van der Waals surface area contributed by atoms with Gasteiger partial charge in [0, 0.05) is 19.0 Å². The summed E-state index contributed by atoms with van der Waals surface area (Å²) in [5.41, 5.74) is 2.08. The highest BCUT2D eigenvalue weighted by molar-refractivity contribution is 5.92. The van der Waals surface area contributed by atoms with E-state index in [0.29, 0.717) is 13.2 Å². The van der Waals surface area contributed by atoms with Crippen molar-refractivity contribution in [2.24, 2.45) is 0 Å². The largest absolute Gasteiger partial charge is 0.493 e. The second kappa shape index (κ2) is 6.19. The molecule has 1 aromatic carbocycles. The number of carboxylic acid groups (broad SMARTS) is 1. The van der Waals surface area contributed by atoms with Crippen LogP contribution in [0, 0.1) is 0 Å². The van der Waals surface area contributed by atoms with Crippen LogP contribution in [0.4, 0.5) is 0 Å². The van der Waals surface area contributed by atoms with E-state index in [1.807, 2.05) is 18.2 Å². The molecule has 2 aliphatic heterocycles. The van der Waals surface area contributed by atoms with Gasteiger partial charge in [-0.15, -0.1) is 0 Å². The van der Waals surface area contributed by atoms with Crippen LogP contribution < -0.4 is 4.74 Å². The van der Waals surface area contributed by atoms with E-state index in [1.54, 1.807) is 6.08 Å². The molecule has 3 rings (SSSR count). The number of rotatable bonds is 3. The van der Waals surface area contributed by atoms with Gasteiger partial charge in [-0.05, 0) is 29.3 Å². The molecule has 0 spiro atoms. The third-order valence-electron chi connectivity index (χ3n) is 3.79. The number of morpholine rings is 1. The van der Waals surface area contributed by atoms with Crippen LogP contribution >= 0.6 is 0 Å². The molecule has 0 saturated carbocycles. The first-order valence-corrected chi connectivity index (χ1v) is 7.20. The first-order chi connectivity index (χ1) is 10.6. The Kier molecular flexibility index (Phi) is 4.11. The summed E-state index contributed by atoms with van der Waals surface area (Å²) < 4.78 is 10.5. The normalized spacial score (nSPS) is 20.7. The molecule has 1 atom stereocenters. The molecule has 1 unspecified atom stereocenters. The summed E-state index contributed by atoms with van der Waals surface area (Å²) in [4.78, 5) is 24.6. The predicted octanol–water partition coefficient (Wildman–Crippen LogP) is 0.947. The van der Waals surface area contributed by atoms with E-state index < -0.39 is 12.1 Å². The van der Waals surface area contributed by atoms with Crippen LogP contribution in [0.15, 0.2) is 24.3 Å². The fraction of sp³-hybridized carbons (Fsp3) is 0.375. The lowest BCUT2D eigenvalue weighted by Gasteiger charge is -2.30. The number of benzene rings is 1. The van der Waals surface area contributed by atoms with Crippen LogP contribution in [0.1, 0.15) is 11.1 Å². The van der Waals surface area contributed by atoms with E-state index >= 15 is 0 Å². The maximum absolute atomic E-state index is 12.1. The van der Waals surface area contributed by atoms with Gasteiger partial charge in [0.15, 0.2) is 6.10 Å².